The number of thiophene rings is 1. The molecule has 186 valence electrons. The number of carbonyl (C=O) groups excluding carboxylic acids is 2. The van der Waals surface area contributed by atoms with Crippen molar-refractivity contribution in [3.8, 4) is 11.5 Å². The van der Waals surface area contributed by atoms with Crippen LogP contribution < -0.4 is 20.1 Å². The van der Waals surface area contributed by atoms with Gasteiger partial charge >= 0.3 is 0 Å². The number of anilines is 2. The van der Waals surface area contributed by atoms with E-state index in [9.17, 15) is 9.59 Å². The van der Waals surface area contributed by atoms with Gasteiger partial charge in [0, 0.05) is 24.2 Å². The summed E-state index contributed by atoms with van der Waals surface area (Å²) in [5.74, 6) is 1.06. The molecule has 2 heterocycles. The van der Waals surface area contributed by atoms with E-state index in [1.165, 1.54) is 16.0 Å². The first-order chi connectivity index (χ1) is 16.6. The zero-order valence-electron chi connectivity index (χ0n) is 21.0. The summed E-state index contributed by atoms with van der Waals surface area (Å²) < 4.78 is 12.2. The molecule has 0 radical (unpaired) electrons. The Morgan fingerprint density at radius 2 is 1.89 bits per heavy atom. The Balaban J connectivity index is 1.70. The topological polar surface area (TPSA) is 94.5 Å². The van der Waals surface area contributed by atoms with E-state index in [1.54, 1.807) is 51.7 Å². The highest BCUT2D eigenvalue weighted by molar-refractivity contribution is 7.17. The summed E-state index contributed by atoms with van der Waals surface area (Å²) in [6.07, 6.45) is 4.25. The maximum absolute atomic E-state index is 13.6. The molecule has 1 unspecified atom stereocenters. The highest BCUT2D eigenvalue weighted by Crippen LogP contribution is 2.45. The van der Waals surface area contributed by atoms with E-state index in [2.05, 4.69) is 36.5 Å². The molecule has 1 aromatic carbocycles. The number of methoxy groups -OCH3 is 2. The summed E-state index contributed by atoms with van der Waals surface area (Å²) in [4.78, 5) is 27.8. The summed E-state index contributed by atoms with van der Waals surface area (Å²) in [6, 6.07) is 6.89. The normalized spacial score (nSPS) is 15.3. The van der Waals surface area contributed by atoms with Gasteiger partial charge in [-0.05, 0) is 54.4 Å². The highest BCUT2D eigenvalue weighted by atomic mass is 32.1. The molecule has 2 amide bonds. The first-order valence-corrected chi connectivity index (χ1v) is 12.4. The van der Waals surface area contributed by atoms with Crippen LogP contribution in [0.4, 0.5) is 10.7 Å². The predicted octanol–water partition coefficient (Wildman–Crippen LogP) is 5.15. The third-order valence-electron chi connectivity index (χ3n) is 6.65. The smallest absolute Gasteiger partial charge is 0.274 e. The van der Waals surface area contributed by atoms with Gasteiger partial charge in [0.15, 0.2) is 0 Å². The van der Waals surface area contributed by atoms with Gasteiger partial charge < -0.3 is 20.1 Å². The van der Waals surface area contributed by atoms with Crippen molar-refractivity contribution in [2.24, 2.45) is 18.4 Å². The third kappa shape index (κ3) is 5.05. The van der Waals surface area contributed by atoms with E-state index >= 15 is 0 Å². The summed E-state index contributed by atoms with van der Waals surface area (Å²) in [7, 11) is 4.83. The van der Waals surface area contributed by atoms with E-state index in [-0.39, 0.29) is 17.2 Å². The average molecular weight is 497 g/mol. The van der Waals surface area contributed by atoms with Crippen molar-refractivity contribution in [2.75, 3.05) is 24.9 Å². The van der Waals surface area contributed by atoms with E-state index < -0.39 is 0 Å². The fourth-order valence-electron chi connectivity index (χ4n) is 4.50. The lowest BCUT2D eigenvalue weighted by molar-refractivity contribution is 0.101. The SMILES string of the molecule is COc1ccc(NC(=O)c2c(NC(=O)c3ccnn3C)sc3c2CCC(C(C)(C)C)C3)c(OC)c1. The Bertz CT molecular complexity index is 1250. The molecule has 0 aliphatic heterocycles. The molecule has 1 atom stereocenters. The van der Waals surface area contributed by atoms with Crippen molar-refractivity contribution in [3.05, 3.63) is 52.2 Å². The molecule has 1 aliphatic carbocycles. The lowest BCUT2D eigenvalue weighted by atomic mass is 9.72. The Morgan fingerprint density at radius 3 is 2.51 bits per heavy atom. The molecule has 0 fully saturated rings. The van der Waals surface area contributed by atoms with Crippen LogP contribution in [-0.4, -0.2) is 35.8 Å². The molecular formula is C26H32N4O4S. The standard InChI is InChI=1S/C26H32N4O4S/c1-26(2,3)15-7-9-17-21(13-15)35-25(29-23(31)19-11-12-27-30(19)4)22(17)24(32)28-18-10-8-16(33-5)14-20(18)34-6/h8,10-12,14-15H,7,9,13H2,1-6H3,(H,28,32)(H,29,31). The van der Waals surface area contributed by atoms with E-state index in [0.717, 1.165) is 29.7 Å². The summed E-state index contributed by atoms with van der Waals surface area (Å²) >= 11 is 1.49. The number of benzene rings is 1. The largest absolute Gasteiger partial charge is 0.497 e. The van der Waals surface area contributed by atoms with Crippen molar-refractivity contribution in [2.45, 2.75) is 40.0 Å². The Hall–Kier alpha value is -3.33. The van der Waals surface area contributed by atoms with Crippen LogP contribution in [0.15, 0.2) is 30.5 Å². The molecule has 2 N–H and O–H groups in total. The van der Waals surface area contributed by atoms with Gasteiger partial charge in [-0.15, -0.1) is 11.3 Å². The highest BCUT2D eigenvalue weighted by Gasteiger charge is 2.34. The van der Waals surface area contributed by atoms with Crippen molar-refractivity contribution in [3.63, 3.8) is 0 Å². The number of amides is 2. The summed E-state index contributed by atoms with van der Waals surface area (Å²) in [6.45, 7) is 6.76. The fourth-order valence-corrected chi connectivity index (χ4v) is 5.82. The van der Waals surface area contributed by atoms with Crippen molar-refractivity contribution >= 4 is 33.8 Å². The van der Waals surface area contributed by atoms with Gasteiger partial charge in [-0.25, -0.2) is 0 Å². The van der Waals surface area contributed by atoms with Crippen LogP contribution in [0.25, 0.3) is 0 Å². The van der Waals surface area contributed by atoms with Crippen LogP contribution in [0.5, 0.6) is 11.5 Å². The van der Waals surface area contributed by atoms with E-state index in [1.807, 2.05) is 0 Å². The molecule has 9 heteroatoms. The van der Waals surface area contributed by atoms with Crippen LogP contribution >= 0.6 is 11.3 Å². The average Bonchev–Trinajstić information content (AvgIpc) is 3.41. The van der Waals surface area contributed by atoms with Gasteiger partial charge in [0.1, 0.15) is 22.2 Å². The number of carbonyl (C=O) groups is 2. The summed E-state index contributed by atoms with van der Waals surface area (Å²) in [5, 5.41) is 10.6. The van der Waals surface area contributed by atoms with Crippen LogP contribution in [0, 0.1) is 11.3 Å². The number of aromatic nitrogens is 2. The second-order valence-electron chi connectivity index (χ2n) is 9.83. The maximum atomic E-state index is 13.6. The first kappa shape index (κ1) is 24.8. The van der Waals surface area contributed by atoms with Crippen LogP contribution in [0.1, 0.15) is 58.5 Å². The van der Waals surface area contributed by atoms with E-state index in [4.69, 9.17) is 9.47 Å². The number of fused-ring (bicyclic) bond motifs is 1. The molecule has 0 saturated heterocycles. The minimum Gasteiger partial charge on any atom is -0.497 e. The molecule has 35 heavy (non-hydrogen) atoms. The number of hydrogen-bond acceptors (Lipinski definition) is 6. The zero-order valence-corrected chi connectivity index (χ0v) is 21.8. The number of nitrogens with one attached hydrogen (secondary N) is 2. The van der Waals surface area contributed by atoms with Gasteiger partial charge in [-0.1, -0.05) is 20.8 Å². The quantitative estimate of drug-likeness (QED) is 0.492. The molecule has 0 bridgehead atoms. The Labute approximate surface area is 209 Å². The Kier molecular flexibility index (Phi) is 6.89. The molecule has 0 spiro atoms. The zero-order chi connectivity index (χ0) is 25.3. The van der Waals surface area contributed by atoms with Gasteiger partial charge in [0.25, 0.3) is 11.8 Å². The predicted molar refractivity (Wildman–Crippen MR) is 138 cm³/mol. The molecule has 2 aromatic heterocycles. The van der Waals surface area contributed by atoms with E-state index in [0.29, 0.717) is 39.4 Å². The molecule has 8 nitrogen and oxygen atoms in total. The van der Waals surface area contributed by atoms with Crippen molar-refractivity contribution in [1.82, 2.24) is 9.78 Å². The van der Waals surface area contributed by atoms with Crippen LogP contribution in [0.3, 0.4) is 0 Å². The minimum atomic E-state index is -0.299. The Morgan fingerprint density at radius 1 is 1.11 bits per heavy atom. The number of rotatable bonds is 6. The second kappa shape index (κ2) is 9.73. The van der Waals surface area contributed by atoms with Gasteiger partial charge in [-0.3, -0.25) is 14.3 Å². The lowest BCUT2D eigenvalue weighted by Gasteiger charge is -2.33. The van der Waals surface area contributed by atoms with Gasteiger partial charge in [-0.2, -0.15) is 5.10 Å². The number of nitrogens with zero attached hydrogens (tertiary/aromatic N) is 2. The fraction of sp³-hybridized carbons (Fsp3) is 0.423. The van der Waals surface area contributed by atoms with Crippen molar-refractivity contribution in [1.29, 1.82) is 0 Å². The van der Waals surface area contributed by atoms with Crippen LogP contribution in [0.2, 0.25) is 0 Å². The number of hydrogen-bond donors (Lipinski definition) is 2. The first-order valence-electron chi connectivity index (χ1n) is 11.6. The molecule has 3 aromatic rings. The third-order valence-corrected chi connectivity index (χ3v) is 7.82. The van der Waals surface area contributed by atoms with Crippen molar-refractivity contribution < 1.29 is 19.1 Å². The molecule has 0 saturated carbocycles. The second-order valence-corrected chi connectivity index (χ2v) is 10.9. The van der Waals surface area contributed by atoms with Gasteiger partial charge in [0.2, 0.25) is 0 Å². The summed E-state index contributed by atoms with van der Waals surface area (Å²) in [5.41, 5.74) is 2.66. The molecular weight excluding hydrogens is 464 g/mol. The molecule has 4 rings (SSSR count). The van der Waals surface area contributed by atoms with Crippen LogP contribution in [-0.2, 0) is 19.9 Å². The number of ether oxygens (including phenoxy) is 2. The van der Waals surface area contributed by atoms with Gasteiger partial charge in [0.05, 0.1) is 25.5 Å². The minimum absolute atomic E-state index is 0.165. The monoisotopic (exact) mass is 496 g/mol. The lowest BCUT2D eigenvalue weighted by Crippen LogP contribution is -2.27. The molecule has 1 aliphatic rings. The maximum Gasteiger partial charge on any atom is 0.274 e. The number of aryl methyl sites for hydroxylation is 1.